The number of benzene rings is 2. The van der Waals surface area contributed by atoms with Crippen LogP contribution in [0.25, 0.3) is 0 Å². The number of pyridine rings is 1. The van der Waals surface area contributed by atoms with Crippen molar-refractivity contribution in [3.05, 3.63) is 94.7 Å². The molecule has 2 aromatic heterocycles. The van der Waals surface area contributed by atoms with Gasteiger partial charge in [-0.1, -0.05) is 18.2 Å². The van der Waals surface area contributed by atoms with Crippen molar-refractivity contribution in [3.8, 4) is 17.2 Å². The zero-order valence-electron chi connectivity index (χ0n) is 18.1. The molecule has 0 fully saturated rings. The Bertz CT molecular complexity index is 1180. The minimum Gasteiger partial charge on any atom is -0.490 e. The Kier molecular flexibility index (Phi) is 7.50. The molecule has 4 rings (SSSR count). The molecule has 0 saturated carbocycles. The van der Waals surface area contributed by atoms with Gasteiger partial charge in [0.1, 0.15) is 19.0 Å². The Morgan fingerprint density at radius 3 is 2.64 bits per heavy atom. The summed E-state index contributed by atoms with van der Waals surface area (Å²) in [6, 6.07) is 16.2. The summed E-state index contributed by atoms with van der Waals surface area (Å²) < 4.78 is 17.5. The van der Waals surface area contributed by atoms with Gasteiger partial charge in [0.05, 0.1) is 23.5 Å². The number of rotatable bonds is 10. The van der Waals surface area contributed by atoms with Gasteiger partial charge in [0.15, 0.2) is 11.5 Å². The van der Waals surface area contributed by atoms with Crippen molar-refractivity contribution in [2.75, 3.05) is 11.9 Å². The van der Waals surface area contributed by atoms with E-state index in [2.05, 4.69) is 15.3 Å². The van der Waals surface area contributed by atoms with Crippen LogP contribution in [0, 0.1) is 0 Å². The molecule has 33 heavy (non-hydrogen) atoms. The lowest BCUT2D eigenvalue weighted by Gasteiger charge is -2.15. The maximum absolute atomic E-state index is 13.0. The molecule has 0 radical (unpaired) electrons. The van der Waals surface area contributed by atoms with Crippen molar-refractivity contribution in [1.82, 2.24) is 9.97 Å². The van der Waals surface area contributed by atoms with E-state index in [1.165, 1.54) is 11.3 Å². The lowest BCUT2D eigenvalue weighted by Crippen LogP contribution is -2.13. The quantitative estimate of drug-likeness (QED) is 0.343. The summed E-state index contributed by atoms with van der Waals surface area (Å²) >= 11 is 1.51. The van der Waals surface area contributed by atoms with Gasteiger partial charge < -0.3 is 19.5 Å². The van der Waals surface area contributed by atoms with Crippen LogP contribution in [0.3, 0.4) is 0 Å². The van der Waals surface area contributed by atoms with Crippen LogP contribution in [0.4, 0.5) is 5.69 Å². The maximum Gasteiger partial charge on any atom is 0.255 e. The van der Waals surface area contributed by atoms with Gasteiger partial charge in [-0.2, -0.15) is 0 Å². The van der Waals surface area contributed by atoms with E-state index in [0.29, 0.717) is 48.3 Å². The number of amides is 1. The molecule has 168 valence electrons. The highest BCUT2D eigenvalue weighted by Gasteiger charge is 2.14. The van der Waals surface area contributed by atoms with E-state index in [0.717, 1.165) is 11.3 Å². The van der Waals surface area contributed by atoms with E-state index in [9.17, 15) is 4.79 Å². The molecule has 0 saturated heterocycles. The normalized spacial score (nSPS) is 10.5. The van der Waals surface area contributed by atoms with Crippen molar-refractivity contribution in [2.24, 2.45) is 0 Å². The van der Waals surface area contributed by atoms with E-state index in [-0.39, 0.29) is 5.91 Å². The number of thiazole rings is 1. The summed E-state index contributed by atoms with van der Waals surface area (Å²) in [6.07, 6.45) is 3.46. The molecule has 0 aliphatic heterocycles. The molecule has 4 aromatic rings. The third-order valence-corrected chi connectivity index (χ3v) is 5.25. The minimum atomic E-state index is -0.278. The fraction of sp³-hybridized carbons (Fsp3) is 0.160. The number of para-hydroxylation sites is 2. The van der Waals surface area contributed by atoms with Crippen molar-refractivity contribution in [3.63, 3.8) is 0 Å². The first-order valence-electron chi connectivity index (χ1n) is 10.4. The molecule has 7 nitrogen and oxygen atoms in total. The van der Waals surface area contributed by atoms with E-state index < -0.39 is 0 Å². The van der Waals surface area contributed by atoms with Crippen molar-refractivity contribution in [1.29, 1.82) is 0 Å². The zero-order chi connectivity index (χ0) is 22.9. The molecule has 8 heteroatoms. The van der Waals surface area contributed by atoms with Crippen LogP contribution in [0.1, 0.15) is 28.5 Å². The molecule has 2 aromatic carbocycles. The zero-order valence-corrected chi connectivity index (χ0v) is 18.9. The molecule has 0 spiro atoms. The molecule has 2 heterocycles. The number of aromatic nitrogens is 2. The van der Waals surface area contributed by atoms with Crippen LogP contribution in [-0.4, -0.2) is 22.5 Å². The van der Waals surface area contributed by atoms with Gasteiger partial charge in [-0.3, -0.25) is 9.78 Å². The van der Waals surface area contributed by atoms with E-state index in [4.69, 9.17) is 14.2 Å². The maximum atomic E-state index is 13.0. The Hall–Kier alpha value is -3.91. The highest BCUT2D eigenvalue weighted by atomic mass is 32.1. The Balaban J connectivity index is 1.46. The predicted molar refractivity (Wildman–Crippen MR) is 127 cm³/mol. The number of nitrogens with zero attached hydrogens (tertiary/aromatic N) is 2. The minimum absolute atomic E-state index is 0.278. The average molecular weight is 462 g/mol. The highest BCUT2D eigenvalue weighted by molar-refractivity contribution is 7.07. The molecule has 0 bridgehead atoms. The standard InChI is InChI=1S/C25H23N3O4S/c1-2-30-24-12-19(9-10-23(24)31-14-18-6-5-11-26-13-18)25(29)28-21-7-3-4-8-22(21)32-15-20-16-33-17-27-20/h3-13,16-17H,2,14-15H2,1H3,(H,28,29). The molecule has 0 unspecified atom stereocenters. The number of carbonyl (C=O) groups excluding carboxylic acids is 1. The lowest BCUT2D eigenvalue weighted by atomic mass is 10.1. The van der Waals surface area contributed by atoms with Gasteiger partial charge >= 0.3 is 0 Å². The van der Waals surface area contributed by atoms with Gasteiger partial charge in [0.2, 0.25) is 0 Å². The monoisotopic (exact) mass is 461 g/mol. The van der Waals surface area contributed by atoms with E-state index in [1.54, 1.807) is 42.2 Å². The SMILES string of the molecule is CCOc1cc(C(=O)Nc2ccccc2OCc2cscn2)ccc1OCc1cccnc1. The summed E-state index contributed by atoms with van der Waals surface area (Å²) in [7, 11) is 0. The Morgan fingerprint density at radius 2 is 1.85 bits per heavy atom. The number of hydrogen-bond donors (Lipinski definition) is 1. The molecule has 0 aliphatic carbocycles. The summed E-state index contributed by atoms with van der Waals surface area (Å²) in [4.78, 5) is 21.3. The van der Waals surface area contributed by atoms with Crippen molar-refractivity contribution < 1.29 is 19.0 Å². The second kappa shape index (κ2) is 11.1. The smallest absolute Gasteiger partial charge is 0.255 e. The van der Waals surface area contributed by atoms with Crippen molar-refractivity contribution >= 4 is 22.9 Å². The predicted octanol–water partition coefficient (Wildman–Crippen LogP) is 5.35. The largest absolute Gasteiger partial charge is 0.490 e. The molecule has 0 atom stereocenters. The van der Waals surface area contributed by atoms with Gasteiger partial charge in [-0.05, 0) is 43.3 Å². The van der Waals surface area contributed by atoms with Crippen LogP contribution in [0.2, 0.25) is 0 Å². The number of hydrogen-bond acceptors (Lipinski definition) is 7. The van der Waals surface area contributed by atoms with E-state index in [1.807, 2.05) is 42.6 Å². The molecular formula is C25H23N3O4S. The average Bonchev–Trinajstić information content (AvgIpc) is 3.37. The molecule has 0 aliphatic rings. The number of ether oxygens (including phenoxy) is 3. The van der Waals surface area contributed by atoms with Gasteiger partial charge in [0, 0.05) is 28.9 Å². The Labute approximate surface area is 196 Å². The van der Waals surface area contributed by atoms with Crippen LogP contribution in [-0.2, 0) is 13.2 Å². The second-order valence-corrected chi connectivity index (χ2v) is 7.68. The third kappa shape index (κ3) is 6.08. The first-order valence-corrected chi connectivity index (χ1v) is 11.4. The van der Waals surface area contributed by atoms with Gasteiger partial charge in [-0.15, -0.1) is 11.3 Å². The number of nitrogens with one attached hydrogen (secondary N) is 1. The fourth-order valence-electron chi connectivity index (χ4n) is 3.03. The van der Waals surface area contributed by atoms with E-state index >= 15 is 0 Å². The lowest BCUT2D eigenvalue weighted by molar-refractivity contribution is 0.102. The van der Waals surface area contributed by atoms with Crippen LogP contribution in [0.5, 0.6) is 17.2 Å². The summed E-state index contributed by atoms with van der Waals surface area (Å²) in [5.74, 6) is 1.35. The first-order chi connectivity index (χ1) is 16.2. The first kappa shape index (κ1) is 22.3. The topological polar surface area (TPSA) is 82.6 Å². The number of carbonyl (C=O) groups is 1. The molecule has 1 amide bonds. The Morgan fingerprint density at radius 1 is 0.970 bits per heavy atom. The van der Waals surface area contributed by atoms with Gasteiger partial charge in [0.25, 0.3) is 5.91 Å². The summed E-state index contributed by atoms with van der Waals surface area (Å²) in [5, 5.41) is 4.84. The molecular weight excluding hydrogens is 438 g/mol. The molecule has 1 N–H and O–H groups in total. The van der Waals surface area contributed by atoms with Crippen LogP contribution < -0.4 is 19.5 Å². The fourth-order valence-corrected chi connectivity index (χ4v) is 3.58. The third-order valence-electron chi connectivity index (χ3n) is 4.62. The van der Waals surface area contributed by atoms with Crippen molar-refractivity contribution in [2.45, 2.75) is 20.1 Å². The summed E-state index contributed by atoms with van der Waals surface area (Å²) in [5.41, 5.74) is 4.56. The second-order valence-electron chi connectivity index (χ2n) is 6.96. The van der Waals surface area contributed by atoms with Crippen LogP contribution in [0.15, 0.2) is 77.9 Å². The van der Waals surface area contributed by atoms with Crippen LogP contribution >= 0.6 is 11.3 Å². The highest BCUT2D eigenvalue weighted by Crippen LogP contribution is 2.31. The van der Waals surface area contributed by atoms with Gasteiger partial charge in [-0.25, -0.2) is 4.98 Å². The summed E-state index contributed by atoms with van der Waals surface area (Å²) in [6.45, 7) is 3.01. The number of anilines is 1.